The van der Waals surface area contributed by atoms with Gasteiger partial charge in [0.2, 0.25) is 15.9 Å². The minimum absolute atomic E-state index is 0.108. The van der Waals surface area contributed by atoms with E-state index in [0.717, 1.165) is 15.6 Å². The summed E-state index contributed by atoms with van der Waals surface area (Å²) >= 11 is 3.43. The molecule has 1 N–H and O–H groups in total. The second kappa shape index (κ2) is 10.0. The topological polar surface area (TPSA) is 66.5 Å². The van der Waals surface area contributed by atoms with Crippen LogP contribution in [-0.2, 0) is 21.4 Å². The largest absolute Gasteiger partial charge is 0.348 e. The first-order valence-corrected chi connectivity index (χ1v) is 11.7. The van der Waals surface area contributed by atoms with Gasteiger partial charge in [-0.3, -0.25) is 4.79 Å². The van der Waals surface area contributed by atoms with Crippen molar-refractivity contribution < 1.29 is 13.2 Å². The Morgan fingerprint density at radius 2 is 1.60 bits per heavy atom. The van der Waals surface area contributed by atoms with Crippen LogP contribution in [0.25, 0.3) is 0 Å². The number of rotatable bonds is 8. The summed E-state index contributed by atoms with van der Waals surface area (Å²) in [5, 5.41) is 2.90. The molecule has 0 aliphatic carbocycles. The van der Waals surface area contributed by atoms with Crippen LogP contribution in [0.1, 0.15) is 24.1 Å². The summed E-state index contributed by atoms with van der Waals surface area (Å²) < 4.78 is 28.5. The summed E-state index contributed by atoms with van der Waals surface area (Å²) in [7, 11) is -3.84. The molecule has 5 nitrogen and oxygen atoms in total. The Hall–Kier alpha value is -2.48. The quantitative estimate of drug-likeness (QED) is 0.508. The molecule has 30 heavy (non-hydrogen) atoms. The molecule has 0 radical (unpaired) electrons. The van der Waals surface area contributed by atoms with Crippen LogP contribution in [0.4, 0.5) is 0 Å². The second-order valence-electron chi connectivity index (χ2n) is 6.92. The molecule has 1 atom stereocenters. The van der Waals surface area contributed by atoms with Crippen LogP contribution in [0, 0.1) is 0 Å². The Labute approximate surface area is 185 Å². The number of benzene rings is 3. The average molecular weight is 487 g/mol. The molecule has 0 aliphatic heterocycles. The van der Waals surface area contributed by atoms with Crippen molar-refractivity contribution in [2.45, 2.75) is 24.4 Å². The average Bonchev–Trinajstić information content (AvgIpc) is 2.74. The molecular formula is C23H23BrN2O3S. The highest BCUT2D eigenvalue weighted by atomic mass is 79.9. The second-order valence-corrected chi connectivity index (χ2v) is 9.77. The normalized spacial score (nSPS) is 12.5. The zero-order valence-electron chi connectivity index (χ0n) is 16.5. The van der Waals surface area contributed by atoms with Gasteiger partial charge in [0.15, 0.2) is 0 Å². The number of nitrogens with one attached hydrogen (secondary N) is 1. The first kappa shape index (κ1) is 22.2. The molecule has 0 unspecified atom stereocenters. The van der Waals surface area contributed by atoms with Crippen LogP contribution in [-0.4, -0.2) is 25.2 Å². The lowest BCUT2D eigenvalue weighted by atomic mass is 10.1. The van der Waals surface area contributed by atoms with Gasteiger partial charge in [0, 0.05) is 11.0 Å². The maximum Gasteiger partial charge on any atom is 0.243 e. The fourth-order valence-electron chi connectivity index (χ4n) is 3.06. The molecule has 3 aromatic rings. The summed E-state index contributed by atoms with van der Waals surface area (Å²) in [5.74, 6) is -0.363. The van der Waals surface area contributed by atoms with Crippen LogP contribution in [0.3, 0.4) is 0 Å². The number of amides is 1. The summed E-state index contributed by atoms with van der Waals surface area (Å²) in [6.45, 7) is 1.70. The van der Waals surface area contributed by atoms with Gasteiger partial charge in [-0.15, -0.1) is 0 Å². The molecule has 0 bridgehead atoms. The van der Waals surface area contributed by atoms with Crippen molar-refractivity contribution in [3.63, 3.8) is 0 Å². The van der Waals surface area contributed by atoms with Gasteiger partial charge in [-0.1, -0.05) is 76.6 Å². The van der Waals surface area contributed by atoms with Gasteiger partial charge >= 0.3 is 0 Å². The van der Waals surface area contributed by atoms with E-state index >= 15 is 0 Å². The van der Waals surface area contributed by atoms with E-state index in [2.05, 4.69) is 21.2 Å². The van der Waals surface area contributed by atoms with Crippen LogP contribution < -0.4 is 5.32 Å². The van der Waals surface area contributed by atoms with Gasteiger partial charge in [0.25, 0.3) is 0 Å². The molecule has 1 amide bonds. The van der Waals surface area contributed by atoms with Crippen LogP contribution >= 0.6 is 15.9 Å². The Bertz CT molecular complexity index is 1090. The fourth-order valence-corrected chi connectivity index (χ4v) is 4.88. The SMILES string of the molecule is C[C@@H](NC(=O)CN(Cc1ccccc1)S(=O)(=O)c1ccccc1)c1cccc(Br)c1. The molecular weight excluding hydrogens is 464 g/mol. The van der Waals surface area contributed by atoms with E-state index in [-0.39, 0.29) is 29.9 Å². The third kappa shape index (κ3) is 5.78. The number of hydrogen-bond donors (Lipinski definition) is 1. The molecule has 0 saturated carbocycles. The van der Waals surface area contributed by atoms with Gasteiger partial charge in [-0.25, -0.2) is 8.42 Å². The number of sulfonamides is 1. The third-order valence-corrected chi connectivity index (χ3v) is 6.93. The maximum atomic E-state index is 13.2. The number of nitrogens with zero attached hydrogens (tertiary/aromatic N) is 1. The van der Waals surface area contributed by atoms with Gasteiger partial charge in [0.05, 0.1) is 17.5 Å². The van der Waals surface area contributed by atoms with Gasteiger partial charge < -0.3 is 5.32 Å². The predicted molar refractivity (Wildman–Crippen MR) is 121 cm³/mol. The van der Waals surface area contributed by atoms with Gasteiger partial charge in [-0.05, 0) is 42.3 Å². The Morgan fingerprint density at radius 3 is 2.23 bits per heavy atom. The van der Waals surface area contributed by atoms with E-state index in [1.165, 1.54) is 16.4 Å². The van der Waals surface area contributed by atoms with Crippen LogP contribution in [0.2, 0.25) is 0 Å². The molecule has 0 aromatic heterocycles. The lowest BCUT2D eigenvalue weighted by Crippen LogP contribution is -2.41. The summed E-state index contributed by atoms with van der Waals surface area (Å²) in [6.07, 6.45) is 0. The first-order chi connectivity index (χ1) is 14.4. The standard InChI is InChI=1S/C23H23BrN2O3S/c1-18(20-11-8-12-21(24)15-20)25-23(27)17-26(16-19-9-4-2-5-10-19)30(28,29)22-13-6-3-7-14-22/h2-15,18H,16-17H2,1H3,(H,25,27)/t18-/m1/s1. The van der Waals surface area contributed by atoms with E-state index in [9.17, 15) is 13.2 Å². The zero-order chi connectivity index (χ0) is 21.6. The molecule has 0 heterocycles. The van der Waals surface area contributed by atoms with Gasteiger partial charge in [-0.2, -0.15) is 4.31 Å². The predicted octanol–water partition coefficient (Wildman–Crippen LogP) is 4.52. The number of carbonyl (C=O) groups excluding carboxylic acids is 1. The maximum absolute atomic E-state index is 13.2. The highest BCUT2D eigenvalue weighted by Gasteiger charge is 2.27. The molecule has 0 fully saturated rings. The van der Waals surface area contributed by atoms with Crippen molar-refractivity contribution in [1.82, 2.24) is 9.62 Å². The Morgan fingerprint density at radius 1 is 0.967 bits per heavy atom. The molecule has 3 aromatic carbocycles. The number of halogens is 1. The number of carbonyl (C=O) groups is 1. The van der Waals surface area contributed by atoms with Crippen LogP contribution in [0.15, 0.2) is 94.3 Å². The summed E-state index contributed by atoms with van der Waals surface area (Å²) in [5.41, 5.74) is 1.74. The molecule has 0 saturated heterocycles. The lowest BCUT2D eigenvalue weighted by Gasteiger charge is -2.23. The fraction of sp³-hybridized carbons (Fsp3) is 0.174. The van der Waals surface area contributed by atoms with E-state index in [1.54, 1.807) is 18.2 Å². The smallest absolute Gasteiger partial charge is 0.243 e. The molecule has 0 aliphatic rings. The van der Waals surface area contributed by atoms with Crippen molar-refractivity contribution in [3.05, 3.63) is 101 Å². The minimum atomic E-state index is -3.84. The molecule has 0 spiro atoms. The minimum Gasteiger partial charge on any atom is -0.348 e. The molecule has 3 rings (SSSR count). The Kier molecular flexibility index (Phi) is 7.42. The zero-order valence-corrected chi connectivity index (χ0v) is 18.9. The van der Waals surface area contributed by atoms with Crippen molar-refractivity contribution in [2.75, 3.05) is 6.54 Å². The number of hydrogen-bond acceptors (Lipinski definition) is 3. The third-order valence-electron chi connectivity index (χ3n) is 4.63. The van der Waals surface area contributed by atoms with Crippen LogP contribution in [0.5, 0.6) is 0 Å². The van der Waals surface area contributed by atoms with Crippen molar-refractivity contribution in [2.24, 2.45) is 0 Å². The summed E-state index contributed by atoms with van der Waals surface area (Å²) in [6, 6.07) is 24.8. The van der Waals surface area contributed by atoms with E-state index < -0.39 is 10.0 Å². The monoisotopic (exact) mass is 486 g/mol. The van der Waals surface area contributed by atoms with Gasteiger partial charge in [0.1, 0.15) is 0 Å². The van der Waals surface area contributed by atoms with E-state index in [0.29, 0.717) is 0 Å². The molecule has 156 valence electrons. The first-order valence-electron chi connectivity index (χ1n) is 9.50. The summed E-state index contributed by atoms with van der Waals surface area (Å²) in [4.78, 5) is 12.9. The lowest BCUT2D eigenvalue weighted by molar-refractivity contribution is -0.122. The van der Waals surface area contributed by atoms with Crippen molar-refractivity contribution in [1.29, 1.82) is 0 Å². The highest BCUT2D eigenvalue weighted by molar-refractivity contribution is 9.10. The van der Waals surface area contributed by atoms with E-state index in [4.69, 9.17) is 0 Å². The highest BCUT2D eigenvalue weighted by Crippen LogP contribution is 2.20. The van der Waals surface area contributed by atoms with Crippen molar-refractivity contribution in [3.8, 4) is 0 Å². The van der Waals surface area contributed by atoms with E-state index in [1.807, 2.05) is 61.5 Å². The molecule has 7 heteroatoms. The van der Waals surface area contributed by atoms with Crippen molar-refractivity contribution >= 4 is 31.9 Å². The Balaban J connectivity index is 1.80.